The summed E-state index contributed by atoms with van der Waals surface area (Å²) >= 11 is -3.93. The summed E-state index contributed by atoms with van der Waals surface area (Å²) < 4.78 is 8.56. The molecular weight excluding hydrogens is 440 g/mol. The molecule has 26 heavy (non-hydrogen) atoms. The van der Waals surface area contributed by atoms with Crippen molar-refractivity contribution in [2.45, 2.75) is 54.2 Å². The average molecular weight is 474 g/mol. The van der Waals surface area contributed by atoms with Gasteiger partial charge in [-0.2, -0.15) is 0 Å². The molecule has 3 rings (SSSR count). The van der Waals surface area contributed by atoms with Gasteiger partial charge in [0.1, 0.15) is 0 Å². The van der Waals surface area contributed by atoms with Crippen LogP contribution in [0.15, 0.2) is 51.8 Å². The summed E-state index contributed by atoms with van der Waals surface area (Å²) in [6.45, 7) is 14.5. The van der Waals surface area contributed by atoms with Gasteiger partial charge in [-0.1, -0.05) is 0 Å². The number of aromatic amines is 1. The second kappa shape index (κ2) is 7.19. The molecule has 0 radical (unpaired) electrons. The van der Waals surface area contributed by atoms with Crippen LogP contribution in [0.25, 0.3) is 10.9 Å². The predicted octanol–water partition coefficient (Wildman–Crippen LogP) is 7.04. The maximum absolute atomic E-state index is 5.26. The van der Waals surface area contributed by atoms with Crippen LogP contribution in [0.3, 0.4) is 0 Å². The van der Waals surface area contributed by atoms with E-state index in [9.17, 15) is 0 Å². The van der Waals surface area contributed by atoms with Crippen molar-refractivity contribution in [3.8, 4) is 0 Å². The van der Waals surface area contributed by atoms with E-state index in [0.29, 0.717) is 0 Å². The molecule has 1 aromatic heterocycles. The Hall–Kier alpha value is -0.427. The van der Waals surface area contributed by atoms with Gasteiger partial charge in [0, 0.05) is 0 Å². The van der Waals surface area contributed by atoms with Crippen LogP contribution in [0.5, 0.6) is 0 Å². The Balaban J connectivity index is 0.00000169. The number of rotatable bonds is 2. The number of allylic oxidation sites excluding steroid dienone is 4. The zero-order valence-electron chi connectivity index (χ0n) is 16.8. The van der Waals surface area contributed by atoms with Crippen LogP contribution in [0.2, 0.25) is 6.25 Å². The van der Waals surface area contributed by atoms with Crippen molar-refractivity contribution >= 4 is 43.3 Å². The molecule has 1 nitrogen and oxygen atoms in total. The molecule has 0 aliphatic heterocycles. The number of fused-ring (bicyclic) bond motifs is 1. The quantitative estimate of drug-likeness (QED) is 0.482. The number of H-pyrrole nitrogens is 1. The third kappa shape index (κ3) is 2.79. The fourth-order valence-corrected chi connectivity index (χ4v) is 25.1. The van der Waals surface area contributed by atoms with E-state index in [1.54, 1.807) is 3.28 Å². The van der Waals surface area contributed by atoms with E-state index >= 15 is 0 Å². The number of aromatic nitrogens is 1. The van der Waals surface area contributed by atoms with Crippen molar-refractivity contribution in [3.05, 3.63) is 51.8 Å². The van der Waals surface area contributed by atoms with E-state index < -0.39 is 18.3 Å². The Morgan fingerprint density at radius 1 is 0.962 bits per heavy atom. The summed E-state index contributed by atoms with van der Waals surface area (Å²) in [6, 6.07) is 11.0. The van der Waals surface area contributed by atoms with Crippen LogP contribution in [0.1, 0.15) is 48.0 Å². The topological polar surface area (TPSA) is 15.8 Å². The van der Waals surface area contributed by atoms with Gasteiger partial charge >= 0.3 is 148 Å². The molecule has 0 atom stereocenters. The van der Waals surface area contributed by atoms with Crippen LogP contribution in [-0.2, 0) is 18.3 Å². The summed E-state index contributed by atoms with van der Waals surface area (Å²) in [5.74, 6) is 0. The van der Waals surface area contributed by atoms with E-state index in [1.807, 2.05) is 0 Å². The molecule has 1 aliphatic carbocycles. The fraction of sp³-hybridized carbons (Fsp3) is 0.409. The monoisotopic (exact) mass is 471 g/mol. The van der Waals surface area contributed by atoms with E-state index in [-0.39, 0.29) is 31.1 Å². The SMILES string of the molecule is Cl.Cl.[CH2]=[Zr]([C]1=CC=CC1)([c]1cc2ccccc2[nH]1)([C](C)(C)C)[C](C)(C)C. The van der Waals surface area contributed by atoms with Gasteiger partial charge in [0.2, 0.25) is 0 Å². The molecule has 0 spiro atoms. The summed E-state index contributed by atoms with van der Waals surface area (Å²) in [6.07, 6.45) is 7.96. The Morgan fingerprint density at radius 3 is 2.00 bits per heavy atom. The van der Waals surface area contributed by atoms with Gasteiger partial charge < -0.3 is 0 Å². The molecule has 0 saturated heterocycles. The molecule has 1 N–H and O–H groups in total. The normalized spacial score (nSPS) is 15.4. The van der Waals surface area contributed by atoms with Crippen molar-refractivity contribution in [2.24, 2.45) is 0 Å². The molecule has 0 bridgehead atoms. The molecule has 144 valence electrons. The van der Waals surface area contributed by atoms with Crippen molar-refractivity contribution in [1.82, 2.24) is 4.98 Å². The Labute approximate surface area is 171 Å². The molecule has 1 heterocycles. The molecule has 0 saturated carbocycles. The first-order valence-corrected chi connectivity index (χ1v) is 15.6. The standard InChI is InChI=1S/C8H6N.C5H5.2C4H9.CH2.2ClH.Zr/c1-2-4-8-7(3-1)5-6-9-8;1-2-4-5-3-1;2*1-4(2)3;;;;/h1-5,9H;1-3H,4H2;2*1-3H3;1H2;2*1H;. The van der Waals surface area contributed by atoms with Gasteiger partial charge in [-0.05, 0) is 0 Å². The first kappa shape index (κ1) is 23.6. The van der Waals surface area contributed by atoms with Crippen molar-refractivity contribution < 1.29 is 18.3 Å². The van der Waals surface area contributed by atoms with E-state index in [0.717, 1.165) is 6.42 Å². The maximum atomic E-state index is 5.26. The van der Waals surface area contributed by atoms with Gasteiger partial charge in [-0.3, -0.25) is 0 Å². The number of para-hydroxylation sites is 1. The van der Waals surface area contributed by atoms with E-state index in [1.165, 1.54) is 14.3 Å². The molecule has 2 aromatic rings. The second-order valence-corrected chi connectivity index (χ2v) is 27.0. The summed E-state index contributed by atoms with van der Waals surface area (Å²) in [5, 5.41) is 1.30. The molecule has 0 fully saturated rings. The van der Waals surface area contributed by atoms with Gasteiger partial charge in [-0.15, -0.1) is 24.8 Å². The average Bonchev–Trinajstić information content (AvgIpc) is 3.13. The molecule has 0 amide bonds. The molecule has 1 aromatic carbocycles. The number of hydrogen-bond donors (Lipinski definition) is 1. The minimum absolute atomic E-state index is 0. The summed E-state index contributed by atoms with van der Waals surface area (Å²) in [4.78, 5) is 3.83. The van der Waals surface area contributed by atoms with Gasteiger partial charge in [-0.25, -0.2) is 0 Å². The van der Waals surface area contributed by atoms with Gasteiger partial charge in [0.15, 0.2) is 0 Å². The number of halogens is 2. The zero-order valence-corrected chi connectivity index (χ0v) is 20.9. The molecular formula is C22H33Cl2NZr. The van der Waals surface area contributed by atoms with Gasteiger partial charge in [0.05, 0.1) is 0 Å². The Morgan fingerprint density at radius 2 is 1.54 bits per heavy atom. The van der Waals surface area contributed by atoms with Crippen LogP contribution in [0.4, 0.5) is 0 Å². The van der Waals surface area contributed by atoms with Crippen LogP contribution >= 0.6 is 24.8 Å². The van der Waals surface area contributed by atoms with Crippen LogP contribution in [-0.4, -0.2) is 9.20 Å². The fourth-order valence-electron chi connectivity index (χ4n) is 5.30. The summed E-state index contributed by atoms with van der Waals surface area (Å²) in [7, 11) is 0. The minimum atomic E-state index is -3.93. The van der Waals surface area contributed by atoms with Crippen LogP contribution < -0.4 is 3.40 Å². The Kier molecular flexibility index (Phi) is 6.53. The van der Waals surface area contributed by atoms with Crippen molar-refractivity contribution in [2.75, 3.05) is 0 Å². The van der Waals surface area contributed by atoms with E-state index in [2.05, 4.69) is 95.1 Å². The molecule has 0 unspecified atom stereocenters. The number of hydrogen-bond acceptors (Lipinski definition) is 0. The Bertz CT molecular complexity index is 867. The summed E-state index contributed by atoms with van der Waals surface area (Å²) in [5.41, 5.74) is 1.23. The third-order valence-electron chi connectivity index (χ3n) is 6.92. The zero-order chi connectivity index (χ0) is 17.8. The predicted molar refractivity (Wildman–Crippen MR) is 121 cm³/mol. The van der Waals surface area contributed by atoms with Crippen molar-refractivity contribution in [3.63, 3.8) is 0 Å². The third-order valence-corrected chi connectivity index (χ3v) is 31.2. The number of nitrogens with one attached hydrogen (secondary N) is 1. The van der Waals surface area contributed by atoms with Gasteiger partial charge in [0.25, 0.3) is 0 Å². The van der Waals surface area contributed by atoms with Crippen molar-refractivity contribution in [1.29, 1.82) is 0 Å². The first-order valence-electron chi connectivity index (χ1n) is 8.98. The molecule has 1 aliphatic rings. The molecule has 4 heteroatoms. The van der Waals surface area contributed by atoms with Crippen LogP contribution in [0, 0.1) is 0 Å². The van der Waals surface area contributed by atoms with E-state index in [4.69, 9.17) is 4.21 Å². The first-order chi connectivity index (χ1) is 11.0. The number of benzene rings is 1. The second-order valence-electron chi connectivity index (χ2n) is 9.55.